The fourth-order valence-electron chi connectivity index (χ4n) is 4.95. The highest BCUT2D eigenvalue weighted by atomic mass is 14.8. The van der Waals surface area contributed by atoms with Crippen LogP contribution in [-0.4, -0.2) is 13.1 Å². The van der Waals surface area contributed by atoms with Gasteiger partial charge in [-0.3, -0.25) is 0 Å². The van der Waals surface area contributed by atoms with E-state index in [0.717, 1.165) is 13.1 Å². The molecule has 1 heteroatoms. The molecule has 0 heterocycles. The molecule has 0 aromatic rings. The summed E-state index contributed by atoms with van der Waals surface area (Å²) in [5.74, 6) is 0. The van der Waals surface area contributed by atoms with E-state index in [4.69, 9.17) is 5.32 Å². The average Bonchev–Trinajstić information content (AvgIpc) is 2.83. The van der Waals surface area contributed by atoms with Crippen LogP contribution in [-0.2, 0) is 0 Å². The maximum atomic E-state index is 4.76. The van der Waals surface area contributed by atoms with Gasteiger partial charge >= 0.3 is 0 Å². The Labute approximate surface area is 212 Å². The Morgan fingerprint density at radius 1 is 0.242 bits per heavy atom. The highest BCUT2D eigenvalue weighted by molar-refractivity contribution is 4.53. The number of rotatable bonds is 30. The van der Waals surface area contributed by atoms with Gasteiger partial charge in [0, 0.05) is 13.1 Å². The predicted octanol–water partition coefficient (Wildman–Crippen LogP) is 11.6. The lowest BCUT2D eigenvalue weighted by Gasteiger charge is -2.05. The van der Waals surface area contributed by atoms with E-state index in [1.807, 2.05) is 0 Å². The van der Waals surface area contributed by atoms with E-state index >= 15 is 0 Å². The van der Waals surface area contributed by atoms with E-state index in [9.17, 15) is 0 Å². The van der Waals surface area contributed by atoms with Crippen molar-refractivity contribution in [3.8, 4) is 0 Å². The summed E-state index contributed by atoms with van der Waals surface area (Å²) in [6.07, 6.45) is 40.4. The van der Waals surface area contributed by atoms with E-state index in [1.54, 1.807) is 0 Å². The van der Waals surface area contributed by atoms with Crippen molar-refractivity contribution in [2.75, 3.05) is 13.1 Å². The van der Waals surface area contributed by atoms with Crippen molar-refractivity contribution < 1.29 is 0 Å². The van der Waals surface area contributed by atoms with Crippen LogP contribution in [0.2, 0.25) is 0 Å². The van der Waals surface area contributed by atoms with Crippen LogP contribution in [0.25, 0.3) is 0 Å². The third kappa shape index (κ3) is 32.0. The first kappa shape index (κ1) is 33.0. The van der Waals surface area contributed by atoms with E-state index < -0.39 is 0 Å². The van der Waals surface area contributed by atoms with E-state index in [2.05, 4.69) is 13.8 Å². The summed E-state index contributed by atoms with van der Waals surface area (Å²) in [5, 5.41) is 4.76. The van der Waals surface area contributed by atoms with Gasteiger partial charge < -0.3 is 0 Å². The molecule has 0 amide bonds. The standard InChI is InChI=1S/C32H66N/c1-3-5-7-9-11-13-15-17-19-21-23-25-27-29-31-33-32-30-28-26-24-22-20-18-16-14-12-10-8-6-4-2/h3-32H2,1-2H3. The van der Waals surface area contributed by atoms with Gasteiger partial charge in [0.1, 0.15) is 0 Å². The van der Waals surface area contributed by atoms with E-state index in [-0.39, 0.29) is 0 Å². The third-order valence-electron chi connectivity index (χ3n) is 7.34. The lowest BCUT2D eigenvalue weighted by molar-refractivity contribution is 0.515. The van der Waals surface area contributed by atoms with Crippen molar-refractivity contribution in [3.63, 3.8) is 0 Å². The fourth-order valence-corrected chi connectivity index (χ4v) is 4.95. The molecule has 33 heavy (non-hydrogen) atoms. The molecule has 0 aliphatic carbocycles. The fraction of sp³-hybridized carbons (Fsp3) is 1.00. The first-order valence-corrected chi connectivity index (χ1v) is 16.0. The van der Waals surface area contributed by atoms with Crippen LogP contribution in [0.1, 0.15) is 194 Å². The van der Waals surface area contributed by atoms with Gasteiger partial charge in [0.2, 0.25) is 0 Å². The molecule has 0 unspecified atom stereocenters. The number of hydrogen-bond donors (Lipinski definition) is 0. The topological polar surface area (TPSA) is 14.1 Å². The van der Waals surface area contributed by atoms with Crippen LogP contribution in [0.15, 0.2) is 0 Å². The minimum Gasteiger partial charge on any atom is -0.242 e. The summed E-state index contributed by atoms with van der Waals surface area (Å²) in [7, 11) is 0. The van der Waals surface area contributed by atoms with Crippen molar-refractivity contribution in [1.29, 1.82) is 0 Å². The molecule has 0 atom stereocenters. The Hall–Kier alpha value is -0.0400. The lowest BCUT2D eigenvalue weighted by Crippen LogP contribution is -2.08. The van der Waals surface area contributed by atoms with Gasteiger partial charge in [-0.05, 0) is 12.8 Å². The Kier molecular flexibility index (Phi) is 31.9. The molecule has 0 saturated heterocycles. The zero-order chi connectivity index (χ0) is 23.9. The lowest BCUT2D eigenvalue weighted by atomic mass is 10.0. The van der Waals surface area contributed by atoms with Crippen LogP contribution in [0.5, 0.6) is 0 Å². The summed E-state index contributed by atoms with van der Waals surface area (Å²) in [6.45, 7) is 6.85. The largest absolute Gasteiger partial charge is 0.242 e. The van der Waals surface area contributed by atoms with Crippen molar-refractivity contribution in [1.82, 2.24) is 5.32 Å². The summed E-state index contributed by atoms with van der Waals surface area (Å²) in [5.41, 5.74) is 0. The van der Waals surface area contributed by atoms with Gasteiger partial charge in [-0.25, -0.2) is 5.32 Å². The van der Waals surface area contributed by atoms with Gasteiger partial charge in [0.05, 0.1) is 0 Å². The molecule has 1 nitrogen and oxygen atoms in total. The molecule has 1 radical (unpaired) electrons. The predicted molar refractivity (Wildman–Crippen MR) is 152 cm³/mol. The van der Waals surface area contributed by atoms with Crippen LogP contribution in [0.4, 0.5) is 0 Å². The van der Waals surface area contributed by atoms with E-state index in [1.165, 1.54) is 180 Å². The van der Waals surface area contributed by atoms with Gasteiger partial charge in [0.15, 0.2) is 0 Å². The second-order valence-corrected chi connectivity index (χ2v) is 10.9. The highest BCUT2D eigenvalue weighted by Gasteiger charge is 1.96. The molecule has 0 N–H and O–H groups in total. The Morgan fingerprint density at radius 3 is 0.636 bits per heavy atom. The monoisotopic (exact) mass is 465 g/mol. The van der Waals surface area contributed by atoms with Crippen molar-refractivity contribution in [2.45, 2.75) is 194 Å². The SMILES string of the molecule is CCCCCCCCCCCCCCCC[N]CCCCCCCCCCCCCCCC. The molecule has 0 rings (SSSR count). The molecule has 0 saturated carbocycles. The average molecular weight is 465 g/mol. The zero-order valence-electron chi connectivity index (χ0n) is 23.7. The number of nitrogens with zero attached hydrogens (tertiary/aromatic N) is 1. The third-order valence-corrected chi connectivity index (χ3v) is 7.34. The maximum Gasteiger partial charge on any atom is 0.0133 e. The van der Waals surface area contributed by atoms with Gasteiger partial charge in [-0.1, -0.05) is 181 Å². The Bertz CT molecular complexity index is 284. The molecular formula is C32H66N. The van der Waals surface area contributed by atoms with Crippen molar-refractivity contribution >= 4 is 0 Å². The van der Waals surface area contributed by atoms with Crippen LogP contribution in [0.3, 0.4) is 0 Å². The zero-order valence-corrected chi connectivity index (χ0v) is 23.7. The molecule has 0 bridgehead atoms. The quantitative estimate of drug-likeness (QED) is 0.0938. The van der Waals surface area contributed by atoms with E-state index in [0.29, 0.717) is 0 Å². The second-order valence-electron chi connectivity index (χ2n) is 10.9. The summed E-state index contributed by atoms with van der Waals surface area (Å²) >= 11 is 0. The Morgan fingerprint density at radius 2 is 0.424 bits per heavy atom. The van der Waals surface area contributed by atoms with Crippen LogP contribution < -0.4 is 5.32 Å². The summed E-state index contributed by atoms with van der Waals surface area (Å²) in [4.78, 5) is 0. The van der Waals surface area contributed by atoms with Crippen molar-refractivity contribution in [2.24, 2.45) is 0 Å². The van der Waals surface area contributed by atoms with Crippen molar-refractivity contribution in [3.05, 3.63) is 0 Å². The second kappa shape index (κ2) is 32.0. The minimum atomic E-state index is 1.12. The summed E-state index contributed by atoms with van der Waals surface area (Å²) < 4.78 is 0. The maximum absolute atomic E-state index is 4.76. The smallest absolute Gasteiger partial charge is 0.0133 e. The van der Waals surface area contributed by atoms with Gasteiger partial charge in [-0.2, -0.15) is 0 Å². The molecule has 0 aliphatic rings. The number of unbranched alkanes of at least 4 members (excludes halogenated alkanes) is 26. The number of hydrogen-bond acceptors (Lipinski definition) is 0. The molecule has 0 fully saturated rings. The molecule has 0 spiro atoms. The molecule has 0 aromatic heterocycles. The molecular weight excluding hydrogens is 398 g/mol. The first-order chi connectivity index (χ1) is 16.4. The van der Waals surface area contributed by atoms with Gasteiger partial charge in [-0.15, -0.1) is 0 Å². The minimum absolute atomic E-state index is 1.12. The molecule has 0 aromatic carbocycles. The normalized spacial score (nSPS) is 11.5. The van der Waals surface area contributed by atoms with Crippen LogP contribution >= 0.6 is 0 Å². The van der Waals surface area contributed by atoms with Crippen LogP contribution in [0, 0.1) is 0 Å². The summed E-state index contributed by atoms with van der Waals surface area (Å²) in [6, 6.07) is 0. The van der Waals surface area contributed by atoms with Gasteiger partial charge in [0.25, 0.3) is 0 Å². The highest BCUT2D eigenvalue weighted by Crippen LogP contribution is 2.14. The molecule has 199 valence electrons. The molecule has 0 aliphatic heterocycles. The Balaban J connectivity index is 2.99. The first-order valence-electron chi connectivity index (χ1n) is 16.0.